The highest BCUT2D eigenvalue weighted by atomic mass is 127. The summed E-state index contributed by atoms with van der Waals surface area (Å²) in [4.78, 5) is 6.77. The van der Waals surface area contributed by atoms with Crippen LogP contribution in [0, 0.1) is 5.92 Å². The van der Waals surface area contributed by atoms with E-state index in [4.69, 9.17) is 5.73 Å². The molecule has 5 heteroatoms. The van der Waals surface area contributed by atoms with E-state index in [0.717, 1.165) is 31.5 Å². The molecule has 1 saturated heterocycles. The van der Waals surface area contributed by atoms with Gasteiger partial charge in [0, 0.05) is 19.6 Å². The molecule has 0 aromatic heterocycles. The van der Waals surface area contributed by atoms with Crippen molar-refractivity contribution in [3.05, 3.63) is 0 Å². The summed E-state index contributed by atoms with van der Waals surface area (Å²) < 4.78 is 0. The Morgan fingerprint density at radius 2 is 2.05 bits per heavy atom. The van der Waals surface area contributed by atoms with Crippen LogP contribution in [-0.2, 0) is 0 Å². The third-order valence-corrected chi connectivity index (χ3v) is 4.21. The minimum atomic E-state index is 0. The van der Waals surface area contributed by atoms with Crippen LogP contribution < -0.4 is 5.73 Å². The second-order valence-corrected chi connectivity index (χ2v) is 6.33. The third-order valence-electron chi connectivity index (χ3n) is 3.51. The molecule has 1 aliphatic heterocycles. The summed E-state index contributed by atoms with van der Waals surface area (Å²) in [6.45, 7) is 5.37. The first kappa shape index (κ1) is 19.4. The molecule has 114 valence electrons. The number of hydrogen-bond acceptors (Lipinski definition) is 2. The lowest BCUT2D eigenvalue weighted by atomic mass is 10.0. The van der Waals surface area contributed by atoms with Crippen molar-refractivity contribution >= 4 is 41.7 Å². The van der Waals surface area contributed by atoms with Crippen LogP contribution in [0.2, 0.25) is 0 Å². The number of likely N-dealkylation sites (tertiary alicyclic amines) is 1. The largest absolute Gasteiger partial charge is 0.370 e. The van der Waals surface area contributed by atoms with Gasteiger partial charge in [0.1, 0.15) is 0 Å². The Morgan fingerprint density at radius 3 is 2.74 bits per heavy atom. The maximum absolute atomic E-state index is 6.05. The molecule has 0 amide bonds. The van der Waals surface area contributed by atoms with Gasteiger partial charge in [-0.2, -0.15) is 11.8 Å². The summed E-state index contributed by atoms with van der Waals surface area (Å²) in [5.74, 6) is 2.82. The van der Waals surface area contributed by atoms with Gasteiger partial charge >= 0.3 is 0 Å². The average molecular weight is 399 g/mol. The molecule has 0 aromatic carbocycles. The van der Waals surface area contributed by atoms with E-state index in [9.17, 15) is 0 Å². The summed E-state index contributed by atoms with van der Waals surface area (Å²) in [6.07, 6.45) is 9.89. The highest BCUT2D eigenvalue weighted by molar-refractivity contribution is 14.0. The number of aliphatic imine (C=N–C) groups is 1. The molecular weight excluding hydrogens is 369 g/mol. The summed E-state index contributed by atoms with van der Waals surface area (Å²) >= 11 is 1.94. The van der Waals surface area contributed by atoms with Crippen molar-refractivity contribution in [2.24, 2.45) is 16.6 Å². The van der Waals surface area contributed by atoms with Gasteiger partial charge in [-0.3, -0.25) is 4.99 Å². The van der Waals surface area contributed by atoms with Crippen molar-refractivity contribution in [1.82, 2.24) is 4.90 Å². The van der Waals surface area contributed by atoms with Gasteiger partial charge in [-0.15, -0.1) is 24.0 Å². The fraction of sp³-hybridized carbons (Fsp3) is 0.929. The lowest BCUT2D eigenvalue weighted by molar-refractivity contribution is 0.270. The van der Waals surface area contributed by atoms with Crippen molar-refractivity contribution in [3.8, 4) is 0 Å². The smallest absolute Gasteiger partial charge is 0.191 e. The number of piperidine rings is 1. The number of unbranched alkanes of at least 4 members (excludes halogenated alkanes) is 3. The van der Waals surface area contributed by atoms with E-state index in [0.29, 0.717) is 0 Å². The van der Waals surface area contributed by atoms with E-state index in [1.165, 1.54) is 44.3 Å². The third kappa shape index (κ3) is 9.00. The zero-order valence-electron chi connectivity index (χ0n) is 12.4. The number of nitrogens with zero attached hydrogens (tertiary/aromatic N) is 2. The predicted molar refractivity (Wildman–Crippen MR) is 98.7 cm³/mol. The van der Waals surface area contributed by atoms with Gasteiger partial charge in [-0.25, -0.2) is 0 Å². The van der Waals surface area contributed by atoms with E-state index >= 15 is 0 Å². The van der Waals surface area contributed by atoms with E-state index in [1.54, 1.807) is 0 Å². The number of hydrogen-bond donors (Lipinski definition) is 1. The fourth-order valence-electron chi connectivity index (χ4n) is 2.40. The first-order valence-corrected chi connectivity index (χ1v) is 8.67. The lowest BCUT2D eigenvalue weighted by Crippen LogP contribution is -2.43. The number of halogens is 1. The number of thioether (sulfide) groups is 1. The first-order chi connectivity index (χ1) is 8.74. The van der Waals surface area contributed by atoms with Crippen LogP contribution in [0.15, 0.2) is 4.99 Å². The molecule has 0 radical (unpaired) electrons. The van der Waals surface area contributed by atoms with Crippen LogP contribution in [0.3, 0.4) is 0 Å². The number of guanidine groups is 1. The zero-order chi connectivity index (χ0) is 13.2. The molecule has 0 bridgehead atoms. The predicted octanol–water partition coefficient (Wildman–Crippen LogP) is 3.57. The second kappa shape index (κ2) is 12.1. The molecule has 0 aliphatic carbocycles. The quantitative estimate of drug-likeness (QED) is 0.308. The Morgan fingerprint density at radius 1 is 1.32 bits per heavy atom. The van der Waals surface area contributed by atoms with Gasteiger partial charge < -0.3 is 10.6 Å². The van der Waals surface area contributed by atoms with E-state index < -0.39 is 0 Å². The Balaban J connectivity index is 0.00000324. The summed E-state index contributed by atoms with van der Waals surface area (Å²) in [7, 11) is 0. The minimum Gasteiger partial charge on any atom is -0.370 e. The molecule has 1 unspecified atom stereocenters. The van der Waals surface area contributed by atoms with Crippen molar-refractivity contribution in [1.29, 1.82) is 0 Å². The zero-order valence-corrected chi connectivity index (χ0v) is 15.6. The maximum atomic E-state index is 6.05. The van der Waals surface area contributed by atoms with Crippen LogP contribution in [0.25, 0.3) is 0 Å². The summed E-state index contributed by atoms with van der Waals surface area (Å²) in [5.41, 5.74) is 6.05. The molecule has 0 spiro atoms. The monoisotopic (exact) mass is 399 g/mol. The van der Waals surface area contributed by atoms with Gasteiger partial charge in [0.25, 0.3) is 0 Å². The summed E-state index contributed by atoms with van der Waals surface area (Å²) in [6, 6.07) is 0. The van der Waals surface area contributed by atoms with Crippen LogP contribution in [-0.4, -0.2) is 42.5 Å². The van der Waals surface area contributed by atoms with Gasteiger partial charge in [-0.1, -0.05) is 19.8 Å². The Bertz CT molecular complexity index is 249. The van der Waals surface area contributed by atoms with Crippen LogP contribution in [0.4, 0.5) is 0 Å². The van der Waals surface area contributed by atoms with Gasteiger partial charge in [0.2, 0.25) is 0 Å². The molecule has 1 atom stereocenters. The van der Waals surface area contributed by atoms with Crippen LogP contribution in [0.1, 0.15) is 45.4 Å². The lowest BCUT2D eigenvalue weighted by Gasteiger charge is -2.31. The number of nitrogens with two attached hydrogens (primary N) is 1. The second-order valence-electron chi connectivity index (χ2n) is 5.34. The normalized spacial score (nSPS) is 20.2. The standard InChI is InChI=1S/C14H29N3S.HI/c1-13-8-7-10-17(12-13)14(15)16-9-5-3-4-6-11-18-2;/h13H,3-12H2,1-2H3,(H2,15,16);1H. The van der Waals surface area contributed by atoms with Gasteiger partial charge in [0.15, 0.2) is 5.96 Å². The average Bonchev–Trinajstić information content (AvgIpc) is 2.37. The van der Waals surface area contributed by atoms with Gasteiger partial charge in [-0.05, 0) is 43.6 Å². The van der Waals surface area contributed by atoms with E-state index in [-0.39, 0.29) is 24.0 Å². The van der Waals surface area contributed by atoms with E-state index in [2.05, 4.69) is 23.1 Å². The van der Waals surface area contributed by atoms with Crippen molar-refractivity contribution in [2.75, 3.05) is 31.6 Å². The molecule has 3 nitrogen and oxygen atoms in total. The Kier molecular flexibility index (Phi) is 12.3. The first-order valence-electron chi connectivity index (χ1n) is 7.28. The molecule has 0 aromatic rings. The van der Waals surface area contributed by atoms with Crippen LogP contribution >= 0.6 is 35.7 Å². The Labute approximate surface area is 140 Å². The minimum absolute atomic E-state index is 0. The fourth-order valence-corrected chi connectivity index (χ4v) is 2.90. The molecule has 1 rings (SSSR count). The highest BCUT2D eigenvalue weighted by Crippen LogP contribution is 2.14. The number of rotatable bonds is 7. The molecule has 1 heterocycles. The molecule has 1 aliphatic rings. The maximum Gasteiger partial charge on any atom is 0.191 e. The van der Waals surface area contributed by atoms with Crippen molar-refractivity contribution in [2.45, 2.75) is 45.4 Å². The molecule has 0 saturated carbocycles. The topological polar surface area (TPSA) is 41.6 Å². The SMILES string of the molecule is CSCCCCCCN=C(N)N1CCCC(C)C1.I. The van der Waals surface area contributed by atoms with Crippen molar-refractivity contribution in [3.63, 3.8) is 0 Å². The molecular formula is C14H30IN3S. The van der Waals surface area contributed by atoms with E-state index in [1.807, 2.05) is 11.8 Å². The molecule has 2 N–H and O–H groups in total. The van der Waals surface area contributed by atoms with Crippen LogP contribution in [0.5, 0.6) is 0 Å². The van der Waals surface area contributed by atoms with Gasteiger partial charge in [0.05, 0.1) is 0 Å². The van der Waals surface area contributed by atoms with Crippen molar-refractivity contribution < 1.29 is 0 Å². The summed E-state index contributed by atoms with van der Waals surface area (Å²) in [5, 5.41) is 0. The Hall–Kier alpha value is 0.350. The highest BCUT2D eigenvalue weighted by Gasteiger charge is 2.17. The molecule has 1 fully saturated rings. The molecule has 19 heavy (non-hydrogen) atoms.